The maximum Gasteiger partial charge on any atom is 0.335 e. The molecule has 4 rings (SSSR count). The molecule has 3 aromatic carbocycles. The lowest BCUT2D eigenvalue weighted by Gasteiger charge is -2.26. The van der Waals surface area contributed by atoms with Gasteiger partial charge >= 0.3 is 6.03 Å². The summed E-state index contributed by atoms with van der Waals surface area (Å²) in [5.74, 6) is -1.53. The average molecular weight is 471 g/mol. The minimum atomic E-state index is -0.879. The van der Waals surface area contributed by atoms with Crippen LogP contribution in [-0.2, 0) is 14.4 Å². The highest BCUT2D eigenvalue weighted by atomic mass is 16.5. The third kappa shape index (κ3) is 5.53. The van der Waals surface area contributed by atoms with Crippen molar-refractivity contribution < 1.29 is 29.0 Å². The van der Waals surface area contributed by atoms with Gasteiger partial charge in [0, 0.05) is 5.69 Å². The average Bonchev–Trinajstić information content (AvgIpc) is 2.82. The second-order valence-corrected chi connectivity index (χ2v) is 7.75. The van der Waals surface area contributed by atoms with Crippen molar-refractivity contribution in [3.8, 4) is 11.5 Å². The number of imide groups is 2. The van der Waals surface area contributed by atoms with Gasteiger partial charge in [-0.2, -0.15) is 0 Å². The number of ether oxygens (including phenoxy) is 1. The Balaban J connectivity index is 1.43. The minimum Gasteiger partial charge on any atom is -0.508 e. The molecule has 1 aliphatic heterocycles. The molecular weight excluding hydrogens is 450 g/mol. The fourth-order valence-corrected chi connectivity index (χ4v) is 3.39. The van der Waals surface area contributed by atoms with Crippen molar-refractivity contribution in [2.24, 2.45) is 0 Å². The molecule has 1 fully saturated rings. The van der Waals surface area contributed by atoms with Crippen LogP contribution < -0.4 is 20.3 Å². The first kappa shape index (κ1) is 23.2. The molecule has 0 aromatic heterocycles. The Morgan fingerprint density at radius 2 is 1.74 bits per heavy atom. The Hall–Kier alpha value is -4.92. The molecule has 0 radical (unpaired) electrons. The second kappa shape index (κ2) is 9.92. The normalized spacial score (nSPS) is 14.6. The van der Waals surface area contributed by atoms with Crippen LogP contribution in [0.4, 0.5) is 16.2 Å². The molecule has 0 bridgehead atoms. The zero-order valence-corrected chi connectivity index (χ0v) is 18.6. The van der Waals surface area contributed by atoms with E-state index in [0.717, 1.165) is 10.5 Å². The smallest absolute Gasteiger partial charge is 0.335 e. The van der Waals surface area contributed by atoms with Crippen molar-refractivity contribution in [1.82, 2.24) is 5.32 Å². The second-order valence-electron chi connectivity index (χ2n) is 7.75. The Morgan fingerprint density at radius 1 is 1.03 bits per heavy atom. The summed E-state index contributed by atoms with van der Waals surface area (Å²) in [7, 11) is 0. The van der Waals surface area contributed by atoms with E-state index >= 15 is 0 Å². The molecule has 1 aliphatic rings. The summed E-state index contributed by atoms with van der Waals surface area (Å²) >= 11 is 0. The number of rotatable bonds is 6. The van der Waals surface area contributed by atoms with Crippen LogP contribution in [-0.4, -0.2) is 35.5 Å². The third-order valence-electron chi connectivity index (χ3n) is 5.07. The first-order chi connectivity index (χ1) is 16.8. The SMILES string of the molecule is Cc1cccc(NC(=O)COc2ccc(/C=C3/C(=O)NC(=O)N(c4ccc(O)cc4)C3=O)cc2)c1. The number of amides is 5. The van der Waals surface area contributed by atoms with E-state index in [0.29, 0.717) is 17.0 Å². The summed E-state index contributed by atoms with van der Waals surface area (Å²) < 4.78 is 5.50. The summed E-state index contributed by atoms with van der Waals surface area (Å²) in [6, 6.07) is 18.4. The lowest BCUT2D eigenvalue weighted by molar-refractivity contribution is -0.122. The number of benzene rings is 3. The van der Waals surface area contributed by atoms with E-state index in [4.69, 9.17) is 4.74 Å². The van der Waals surface area contributed by atoms with Crippen molar-refractivity contribution in [3.05, 3.63) is 89.5 Å². The van der Waals surface area contributed by atoms with Crippen molar-refractivity contribution >= 4 is 41.2 Å². The Morgan fingerprint density at radius 3 is 2.43 bits per heavy atom. The first-order valence-electron chi connectivity index (χ1n) is 10.6. The molecule has 1 heterocycles. The number of hydrogen-bond acceptors (Lipinski definition) is 6. The number of urea groups is 1. The van der Waals surface area contributed by atoms with Crippen LogP contribution in [0.3, 0.4) is 0 Å². The van der Waals surface area contributed by atoms with E-state index in [2.05, 4.69) is 10.6 Å². The minimum absolute atomic E-state index is 0.0274. The van der Waals surface area contributed by atoms with Crippen molar-refractivity contribution in [1.29, 1.82) is 0 Å². The molecule has 1 saturated heterocycles. The van der Waals surface area contributed by atoms with Crippen LogP contribution >= 0.6 is 0 Å². The Labute approximate surface area is 200 Å². The third-order valence-corrected chi connectivity index (χ3v) is 5.07. The van der Waals surface area contributed by atoms with E-state index in [1.165, 1.54) is 30.3 Å². The lowest BCUT2D eigenvalue weighted by atomic mass is 10.1. The van der Waals surface area contributed by atoms with Gasteiger partial charge in [0.2, 0.25) is 0 Å². The van der Waals surface area contributed by atoms with Crippen molar-refractivity contribution in [2.75, 3.05) is 16.8 Å². The molecule has 0 saturated carbocycles. The van der Waals surface area contributed by atoms with Crippen LogP contribution in [0.15, 0.2) is 78.4 Å². The fraction of sp³-hybridized carbons (Fsp3) is 0.0769. The number of carbonyl (C=O) groups is 4. The highest BCUT2D eigenvalue weighted by molar-refractivity contribution is 6.39. The number of aromatic hydroxyl groups is 1. The Bertz CT molecular complexity index is 1330. The van der Waals surface area contributed by atoms with E-state index in [1.54, 1.807) is 30.3 Å². The van der Waals surface area contributed by atoms with E-state index in [9.17, 15) is 24.3 Å². The highest BCUT2D eigenvalue weighted by Crippen LogP contribution is 2.24. The van der Waals surface area contributed by atoms with Gasteiger partial charge in [0.1, 0.15) is 17.1 Å². The molecule has 176 valence electrons. The molecule has 9 heteroatoms. The van der Waals surface area contributed by atoms with Gasteiger partial charge in [-0.05, 0) is 72.7 Å². The van der Waals surface area contributed by atoms with E-state index < -0.39 is 17.8 Å². The quantitative estimate of drug-likeness (QED) is 0.374. The van der Waals surface area contributed by atoms with Crippen LogP contribution in [0.25, 0.3) is 6.08 Å². The van der Waals surface area contributed by atoms with Crippen LogP contribution in [0.2, 0.25) is 0 Å². The van der Waals surface area contributed by atoms with Gasteiger partial charge in [-0.3, -0.25) is 19.7 Å². The topological polar surface area (TPSA) is 125 Å². The number of phenols is 1. The zero-order valence-electron chi connectivity index (χ0n) is 18.6. The monoisotopic (exact) mass is 471 g/mol. The molecule has 0 spiro atoms. The molecule has 0 atom stereocenters. The molecule has 3 aromatic rings. The number of nitrogens with zero attached hydrogens (tertiary/aromatic N) is 1. The maximum absolute atomic E-state index is 12.9. The van der Waals surface area contributed by atoms with Gasteiger partial charge in [0.25, 0.3) is 17.7 Å². The summed E-state index contributed by atoms with van der Waals surface area (Å²) in [6.07, 6.45) is 1.35. The summed E-state index contributed by atoms with van der Waals surface area (Å²) in [5.41, 5.74) is 2.19. The van der Waals surface area contributed by atoms with Gasteiger partial charge < -0.3 is 15.2 Å². The molecule has 9 nitrogen and oxygen atoms in total. The molecule has 35 heavy (non-hydrogen) atoms. The maximum atomic E-state index is 12.9. The zero-order chi connectivity index (χ0) is 24.9. The van der Waals surface area contributed by atoms with E-state index in [-0.39, 0.29) is 29.5 Å². The van der Waals surface area contributed by atoms with Crippen molar-refractivity contribution in [2.45, 2.75) is 6.92 Å². The summed E-state index contributed by atoms with van der Waals surface area (Å²) in [4.78, 5) is 50.4. The number of carbonyl (C=O) groups excluding carboxylic acids is 4. The molecule has 3 N–H and O–H groups in total. The van der Waals surface area contributed by atoms with Gasteiger partial charge in [-0.25, -0.2) is 9.69 Å². The predicted octanol–water partition coefficient (Wildman–Crippen LogP) is 3.38. The van der Waals surface area contributed by atoms with Crippen LogP contribution in [0.5, 0.6) is 11.5 Å². The molecule has 0 aliphatic carbocycles. The highest BCUT2D eigenvalue weighted by Gasteiger charge is 2.36. The number of nitrogens with one attached hydrogen (secondary N) is 2. The molecule has 5 amide bonds. The Kier molecular flexibility index (Phi) is 6.59. The predicted molar refractivity (Wildman–Crippen MR) is 129 cm³/mol. The summed E-state index contributed by atoms with van der Waals surface area (Å²) in [6.45, 7) is 1.73. The van der Waals surface area contributed by atoms with Crippen LogP contribution in [0.1, 0.15) is 11.1 Å². The van der Waals surface area contributed by atoms with E-state index in [1.807, 2.05) is 25.1 Å². The largest absolute Gasteiger partial charge is 0.508 e. The molecular formula is C26H21N3O6. The van der Waals surface area contributed by atoms with Gasteiger partial charge in [-0.15, -0.1) is 0 Å². The van der Waals surface area contributed by atoms with Gasteiger partial charge in [0.15, 0.2) is 6.61 Å². The summed E-state index contributed by atoms with van der Waals surface area (Å²) in [5, 5.41) is 14.3. The number of anilines is 2. The van der Waals surface area contributed by atoms with Gasteiger partial charge in [-0.1, -0.05) is 24.3 Å². The van der Waals surface area contributed by atoms with Crippen molar-refractivity contribution in [3.63, 3.8) is 0 Å². The number of aryl methyl sites for hydroxylation is 1. The standard InChI is InChI=1S/C26H21N3O6/c1-16-3-2-4-18(13-16)27-23(31)15-35-21-11-5-17(6-12-21)14-22-24(32)28-26(34)29(25(22)33)19-7-9-20(30)10-8-19/h2-14,30H,15H2,1H3,(H,27,31)(H,28,32,34)/b22-14-. The van der Waals surface area contributed by atoms with Gasteiger partial charge in [0.05, 0.1) is 5.69 Å². The first-order valence-corrected chi connectivity index (χ1v) is 10.6. The lowest BCUT2D eigenvalue weighted by Crippen LogP contribution is -2.54. The number of hydrogen-bond donors (Lipinski definition) is 3. The number of barbiturate groups is 1. The fourth-order valence-electron chi connectivity index (χ4n) is 3.39. The number of phenolic OH excluding ortho intramolecular Hbond substituents is 1. The van der Waals surface area contributed by atoms with Crippen LogP contribution in [0, 0.1) is 6.92 Å². The molecule has 0 unspecified atom stereocenters.